The van der Waals surface area contributed by atoms with E-state index in [0.717, 1.165) is 24.2 Å². The van der Waals surface area contributed by atoms with Crippen molar-refractivity contribution in [2.75, 3.05) is 32.7 Å². The standard InChI is InChI=1S/C21H30N6O3/c1-16-15-19(27(24-16)17-7-3-2-4-8-17)30-21(29)26-13-11-25(12-14-26)20(28)18(23)9-5-6-10-22/h2-4,7-8,15,18H,5-6,9-14,22-23H2,1H3. The molecule has 0 saturated carbocycles. The Hall–Kier alpha value is -2.91. The lowest BCUT2D eigenvalue weighted by molar-refractivity contribution is -0.134. The first-order valence-electron chi connectivity index (χ1n) is 10.3. The van der Waals surface area contributed by atoms with Gasteiger partial charge in [-0.2, -0.15) is 5.10 Å². The second-order valence-corrected chi connectivity index (χ2v) is 7.44. The molecule has 1 atom stereocenters. The van der Waals surface area contributed by atoms with Gasteiger partial charge >= 0.3 is 6.09 Å². The van der Waals surface area contributed by atoms with Crippen molar-refractivity contribution in [3.8, 4) is 11.6 Å². The second kappa shape index (κ2) is 10.2. The Labute approximate surface area is 176 Å². The molecule has 1 aromatic heterocycles. The summed E-state index contributed by atoms with van der Waals surface area (Å²) in [6, 6.07) is 10.7. The largest absolute Gasteiger partial charge is 0.416 e. The van der Waals surface area contributed by atoms with E-state index in [4.69, 9.17) is 16.2 Å². The number of carbonyl (C=O) groups is 2. The first kappa shape index (κ1) is 21.8. The van der Waals surface area contributed by atoms with Gasteiger partial charge in [0.2, 0.25) is 11.8 Å². The van der Waals surface area contributed by atoms with Crippen LogP contribution in [0.5, 0.6) is 5.88 Å². The van der Waals surface area contributed by atoms with Gasteiger partial charge in [0.05, 0.1) is 17.4 Å². The molecule has 1 saturated heterocycles. The Balaban J connectivity index is 1.55. The fourth-order valence-electron chi connectivity index (χ4n) is 3.43. The molecule has 0 radical (unpaired) electrons. The molecule has 2 aromatic rings. The van der Waals surface area contributed by atoms with Crippen molar-refractivity contribution in [1.29, 1.82) is 0 Å². The van der Waals surface area contributed by atoms with Gasteiger partial charge in [-0.15, -0.1) is 0 Å². The number of ether oxygens (including phenoxy) is 1. The summed E-state index contributed by atoms with van der Waals surface area (Å²) >= 11 is 0. The van der Waals surface area contributed by atoms with Crippen LogP contribution in [0.1, 0.15) is 25.0 Å². The van der Waals surface area contributed by atoms with Gasteiger partial charge in [0.25, 0.3) is 0 Å². The van der Waals surface area contributed by atoms with Gasteiger partial charge in [-0.25, -0.2) is 9.48 Å². The molecular formula is C21H30N6O3. The van der Waals surface area contributed by atoms with Crippen LogP contribution in [-0.2, 0) is 4.79 Å². The SMILES string of the molecule is Cc1cc(OC(=O)N2CCN(C(=O)C(N)CCCCN)CC2)n(-c2ccccc2)n1. The first-order chi connectivity index (χ1) is 14.5. The summed E-state index contributed by atoms with van der Waals surface area (Å²) in [7, 11) is 0. The van der Waals surface area contributed by atoms with Crippen molar-refractivity contribution < 1.29 is 14.3 Å². The Kier molecular flexibility index (Phi) is 7.42. The highest BCUT2D eigenvalue weighted by atomic mass is 16.6. The van der Waals surface area contributed by atoms with Crippen molar-refractivity contribution >= 4 is 12.0 Å². The molecule has 9 nitrogen and oxygen atoms in total. The number of unbranched alkanes of at least 4 members (excludes halogenated alkanes) is 1. The average molecular weight is 415 g/mol. The van der Waals surface area contributed by atoms with Crippen molar-refractivity contribution in [3.63, 3.8) is 0 Å². The molecule has 0 spiro atoms. The highest BCUT2D eigenvalue weighted by molar-refractivity contribution is 5.82. The van der Waals surface area contributed by atoms with E-state index >= 15 is 0 Å². The molecule has 1 aromatic carbocycles. The predicted octanol–water partition coefficient (Wildman–Crippen LogP) is 1.28. The molecule has 2 heterocycles. The molecule has 0 aliphatic carbocycles. The molecule has 1 aliphatic heterocycles. The summed E-state index contributed by atoms with van der Waals surface area (Å²) in [5, 5.41) is 4.41. The number of aryl methyl sites for hydroxylation is 1. The van der Waals surface area contributed by atoms with Gasteiger partial charge in [-0.05, 0) is 38.4 Å². The molecule has 2 amide bonds. The fourth-order valence-corrected chi connectivity index (χ4v) is 3.43. The highest BCUT2D eigenvalue weighted by Gasteiger charge is 2.28. The van der Waals surface area contributed by atoms with Crippen LogP contribution in [0, 0.1) is 6.92 Å². The Morgan fingerprint density at radius 2 is 1.77 bits per heavy atom. The molecule has 0 bridgehead atoms. The molecule has 3 rings (SSSR count). The van der Waals surface area contributed by atoms with Crippen LogP contribution < -0.4 is 16.2 Å². The van der Waals surface area contributed by atoms with Gasteiger partial charge in [-0.3, -0.25) is 4.79 Å². The predicted molar refractivity (Wildman–Crippen MR) is 113 cm³/mol. The third-order valence-corrected chi connectivity index (χ3v) is 5.13. The van der Waals surface area contributed by atoms with E-state index in [1.165, 1.54) is 0 Å². The van der Waals surface area contributed by atoms with E-state index in [0.29, 0.717) is 45.0 Å². The molecular weight excluding hydrogens is 384 g/mol. The van der Waals surface area contributed by atoms with Gasteiger partial charge < -0.3 is 26.0 Å². The molecule has 9 heteroatoms. The zero-order valence-electron chi connectivity index (χ0n) is 17.4. The minimum Gasteiger partial charge on any atom is -0.391 e. The fraction of sp³-hybridized carbons (Fsp3) is 0.476. The summed E-state index contributed by atoms with van der Waals surface area (Å²) in [4.78, 5) is 28.5. The summed E-state index contributed by atoms with van der Waals surface area (Å²) in [5.74, 6) is 0.293. The van der Waals surface area contributed by atoms with E-state index in [-0.39, 0.29) is 5.91 Å². The molecule has 4 N–H and O–H groups in total. The van der Waals surface area contributed by atoms with Crippen LogP contribution in [0.3, 0.4) is 0 Å². The molecule has 30 heavy (non-hydrogen) atoms. The van der Waals surface area contributed by atoms with E-state index < -0.39 is 12.1 Å². The maximum Gasteiger partial charge on any atom is 0.416 e. The summed E-state index contributed by atoms with van der Waals surface area (Å²) < 4.78 is 7.22. The average Bonchev–Trinajstić information content (AvgIpc) is 3.14. The Morgan fingerprint density at radius 1 is 1.10 bits per heavy atom. The van der Waals surface area contributed by atoms with Crippen LogP contribution in [0.4, 0.5) is 4.79 Å². The van der Waals surface area contributed by atoms with Crippen LogP contribution in [0.25, 0.3) is 5.69 Å². The number of hydrogen-bond acceptors (Lipinski definition) is 6. The minimum absolute atomic E-state index is 0.0715. The van der Waals surface area contributed by atoms with E-state index in [1.54, 1.807) is 20.5 Å². The third-order valence-electron chi connectivity index (χ3n) is 5.13. The third kappa shape index (κ3) is 5.37. The number of nitrogens with zero attached hydrogens (tertiary/aromatic N) is 4. The zero-order valence-corrected chi connectivity index (χ0v) is 17.4. The lowest BCUT2D eigenvalue weighted by Crippen LogP contribution is -2.54. The van der Waals surface area contributed by atoms with E-state index in [2.05, 4.69) is 5.10 Å². The van der Waals surface area contributed by atoms with Crippen molar-refractivity contribution in [1.82, 2.24) is 19.6 Å². The number of benzene rings is 1. The number of nitrogens with two attached hydrogens (primary N) is 2. The second-order valence-electron chi connectivity index (χ2n) is 7.44. The number of rotatable bonds is 7. The van der Waals surface area contributed by atoms with Crippen molar-refractivity contribution in [2.45, 2.75) is 32.2 Å². The first-order valence-corrected chi connectivity index (χ1v) is 10.3. The van der Waals surface area contributed by atoms with Gasteiger partial charge in [0.1, 0.15) is 0 Å². The maximum atomic E-state index is 12.7. The lowest BCUT2D eigenvalue weighted by atomic mass is 10.1. The molecule has 1 aliphatic rings. The zero-order chi connectivity index (χ0) is 21.5. The van der Waals surface area contributed by atoms with Gasteiger partial charge in [0, 0.05) is 32.2 Å². The molecule has 1 unspecified atom stereocenters. The normalized spacial score (nSPS) is 15.2. The lowest BCUT2D eigenvalue weighted by Gasteiger charge is -2.35. The number of hydrogen-bond donors (Lipinski definition) is 2. The topological polar surface area (TPSA) is 120 Å². The number of aromatic nitrogens is 2. The van der Waals surface area contributed by atoms with Crippen LogP contribution in [0.15, 0.2) is 36.4 Å². The quantitative estimate of drug-likeness (QED) is 0.659. The molecule has 162 valence electrons. The molecule has 1 fully saturated rings. The highest BCUT2D eigenvalue weighted by Crippen LogP contribution is 2.20. The monoisotopic (exact) mass is 414 g/mol. The van der Waals surface area contributed by atoms with Crippen LogP contribution in [-0.4, -0.2) is 70.3 Å². The van der Waals surface area contributed by atoms with Crippen LogP contribution >= 0.6 is 0 Å². The number of piperazine rings is 1. The Morgan fingerprint density at radius 3 is 2.43 bits per heavy atom. The smallest absolute Gasteiger partial charge is 0.391 e. The maximum absolute atomic E-state index is 12.7. The van der Waals surface area contributed by atoms with Crippen molar-refractivity contribution in [3.05, 3.63) is 42.1 Å². The van der Waals surface area contributed by atoms with Crippen molar-refractivity contribution in [2.24, 2.45) is 11.5 Å². The summed E-state index contributed by atoms with van der Waals surface area (Å²) in [6.45, 7) is 4.13. The summed E-state index contributed by atoms with van der Waals surface area (Å²) in [5.41, 5.74) is 13.1. The van der Waals surface area contributed by atoms with E-state index in [1.807, 2.05) is 37.3 Å². The van der Waals surface area contributed by atoms with Gasteiger partial charge in [-0.1, -0.05) is 24.6 Å². The number of carbonyl (C=O) groups excluding carboxylic acids is 2. The van der Waals surface area contributed by atoms with Crippen LogP contribution in [0.2, 0.25) is 0 Å². The minimum atomic E-state index is -0.516. The number of amides is 2. The summed E-state index contributed by atoms with van der Waals surface area (Å²) in [6.07, 6.45) is 1.87. The number of para-hydroxylation sites is 1. The van der Waals surface area contributed by atoms with E-state index in [9.17, 15) is 9.59 Å². The Bertz CT molecular complexity index is 846. The van der Waals surface area contributed by atoms with Gasteiger partial charge in [0.15, 0.2) is 0 Å².